The van der Waals surface area contributed by atoms with E-state index >= 15 is 0 Å². The van der Waals surface area contributed by atoms with Gasteiger partial charge >= 0.3 is 0 Å². The standard InChI is InChI=1S/C14H14N5/c1-2-4-11(3-1)19-8-10(7-18-19)13-12-5-6-15-14(12)17-9-16-13/h5-9H,1-4H2,(H,15,16,17). The zero-order valence-corrected chi connectivity index (χ0v) is 10.5. The Bertz CT molecular complexity index is 705. The monoisotopic (exact) mass is 252 g/mol. The van der Waals surface area contributed by atoms with E-state index in [4.69, 9.17) is 0 Å². The summed E-state index contributed by atoms with van der Waals surface area (Å²) in [6.45, 7) is 0. The first kappa shape index (κ1) is 10.7. The molecule has 1 saturated carbocycles. The summed E-state index contributed by atoms with van der Waals surface area (Å²) in [5.41, 5.74) is 2.86. The first-order valence-corrected chi connectivity index (χ1v) is 6.60. The summed E-state index contributed by atoms with van der Waals surface area (Å²) in [5.74, 6) is 0. The number of aromatic nitrogens is 5. The fraction of sp³-hybridized carbons (Fsp3) is 0.286. The van der Waals surface area contributed by atoms with Gasteiger partial charge in [0, 0.05) is 23.3 Å². The maximum Gasteiger partial charge on any atom is 0.141 e. The number of nitrogens with zero attached hydrogens (tertiary/aromatic N) is 4. The molecule has 5 nitrogen and oxygen atoms in total. The highest BCUT2D eigenvalue weighted by Crippen LogP contribution is 2.30. The first-order valence-electron chi connectivity index (χ1n) is 6.60. The number of H-pyrrole nitrogens is 1. The van der Waals surface area contributed by atoms with Crippen molar-refractivity contribution in [3.63, 3.8) is 0 Å². The van der Waals surface area contributed by atoms with Gasteiger partial charge in [-0.15, -0.1) is 0 Å². The van der Waals surface area contributed by atoms with Crippen molar-refractivity contribution >= 4 is 11.0 Å². The Balaban J connectivity index is 1.77. The summed E-state index contributed by atoms with van der Waals surface area (Å²) in [5, 5.41) is 5.52. The van der Waals surface area contributed by atoms with Crippen LogP contribution < -0.4 is 0 Å². The van der Waals surface area contributed by atoms with Gasteiger partial charge in [-0.2, -0.15) is 5.10 Å². The molecule has 1 N–H and O–H groups in total. The molecule has 0 bridgehead atoms. The number of aromatic amines is 1. The maximum absolute atomic E-state index is 4.47. The van der Waals surface area contributed by atoms with E-state index in [1.807, 2.05) is 23.1 Å². The summed E-state index contributed by atoms with van der Waals surface area (Å²) in [6, 6.07) is 3.41. The van der Waals surface area contributed by atoms with Crippen LogP contribution in [-0.4, -0.2) is 24.7 Å². The minimum atomic E-state index is 0.867. The summed E-state index contributed by atoms with van der Waals surface area (Å²) in [7, 11) is 0. The van der Waals surface area contributed by atoms with Crippen molar-refractivity contribution in [2.75, 3.05) is 0 Å². The van der Waals surface area contributed by atoms with Crippen molar-refractivity contribution in [2.45, 2.75) is 25.7 Å². The van der Waals surface area contributed by atoms with Crippen LogP contribution in [0.2, 0.25) is 0 Å². The van der Waals surface area contributed by atoms with Crippen LogP contribution in [0.3, 0.4) is 0 Å². The molecule has 1 radical (unpaired) electrons. The van der Waals surface area contributed by atoms with Gasteiger partial charge in [0.15, 0.2) is 0 Å². The lowest BCUT2D eigenvalue weighted by molar-refractivity contribution is 0.650. The van der Waals surface area contributed by atoms with Gasteiger partial charge in [0.1, 0.15) is 12.0 Å². The molecule has 4 rings (SSSR count). The van der Waals surface area contributed by atoms with Gasteiger partial charge < -0.3 is 4.98 Å². The molecular formula is C14H14N5. The molecule has 0 aliphatic heterocycles. The molecule has 0 unspecified atom stereocenters. The minimum Gasteiger partial charge on any atom is -0.346 e. The van der Waals surface area contributed by atoms with Gasteiger partial charge in [-0.05, 0) is 18.9 Å². The summed E-state index contributed by atoms with van der Waals surface area (Å²) in [6.07, 6.45) is 12.3. The highest BCUT2D eigenvalue weighted by Gasteiger charge is 2.19. The van der Waals surface area contributed by atoms with Crippen molar-refractivity contribution in [3.05, 3.63) is 37.0 Å². The first-order chi connectivity index (χ1) is 9.42. The van der Waals surface area contributed by atoms with E-state index in [1.165, 1.54) is 18.9 Å². The number of rotatable bonds is 2. The van der Waals surface area contributed by atoms with E-state index in [-0.39, 0.29) is 0 Å². The maximum atomic E-state index is 4.47. The zero-order valence-electron chi connectivity index (χ0n) is 10.5. The molecule has 1 aliphatic rings. The summed E-state index contributed by atoms with van der Waals surface area (Å²) < 4.78 is 2.02. The van der Waals surface area contributed by atoms with E-state index in [0.717, 1.165) is 35.1 Å². The topological polar surface area (TPSA) is 59.4 Å². The van der Waals surface area contributed by atoms with Gasteiger partial charge in [0.25, 0.3) is 0 Å². The second kappa shape index (κ2) is 4.19. The molecular weight excluding hydrogens is 238 g/mol. The number of nitrogens with one attached hydrogen (secondary N) is 1. The Morgan fingerprint density at radius 2 is 2.05 bits per heavy atom. The molecule has 3 aromatic rings. The summed E-state index contributed by atoms with van der Waals surface area (Å²) in [4.78, 5) is 11.7. The van der Waals surface area contributed by atoms with Crippen LogP contribution in [0.1, 0.15) is 25.7 Å². The van der Waals surface area contributed by atoms with Crippen LogP contribution in [0.5, 0.6) is 0 Å². The zero-order chi connectivity index (χ0) is 12.7. The van der Waals surface area contributed by atoms with Crippen molar-refractivity contribution in [2.24, 2.45) is 0 Å². The van der Waals surface area contributed by atoms with Crippen LogP contribution >= 0.6 is 0 Å². The van der Waals surface area contributed by atoms with E-state index in [1.54, 1.807) is 6.33 Å². The highest BCUT2D eigenvalue weighted by atomic mass is 15.3. The van der Waals surface area contributed by atoms with E-state index in [0.29, 0.717) is 0 Å². The van der Waals surface area contributed by atoms with Crippen molar-refractivity contribution in [1.82, 2.24) is 24.7 Å². The molecule has 0 atom stereocenters. The highest BCUT2D eigenvalue weighted by molar-refractivity contribution is 5.89. The van der Waals surface area contributed by atoms with Crippen molar-refractivity contribution < 1.29 is 0 Å². The quantitative estimate of drug-likeness (QED) is 0.763. The Hall–Kier alpha value is -2.17. The smallest absolute Gasteiger partial charge is 0.141 e. The summed E-state index contributed by atoms with van der Waals surface area (Å²) >= 11 is 0. The Labute approximate surface area is 110 Å². The predicted molar refractivity (Wildman–Crippen MR) is 72.2 cm³/mol. The van der Waals surface area contributed by atoms with Gasteiger partial charge in [0.05, 0.1) is 17.9 Å². The molecule has 0 amide bonds. The SMILES string of the molecule is c1nc(-c2cnn([C]3CCCC3)c2)c2cc[nH]c2n1. The molecule has 3 heterocycles. The van der Waals surface area contributed by atoms with Crippen LogP contribution in [0.15, 0.2) is 31.0 Å². The molecule has 3 aromatic heterocycles. The van der Waals surface area contributed by atoms with E-state index in [2.05, 4.69) is 26.2 Å². The predicted octanol–water partition coefficient (Wildman–Crippen LogP) is 2.78. The van der Waals surface area contributed by atoms with E-state index < -0.39 is 0 Å². The second-order valence-corrected chi connectivity index (χ2v) is 4.91. The lowest BCUT2D eigenvalue weighted by Gasteiger charge is -2.07. The van der Waals surface area contributed by atoms with Crippen molar-refractivity contribution in [1.29, 1.82) is 0 Å². The van der Waals surface area contributed by atoms with Crippen LogP contribution in [0.4, 0.5) is 0 Å². The third-order valence-corrected chi connectivity index (χ3v) is 3.71. The Kier molecular flexibility index (Phi) is 2.36. The van der Waals surface area contributed by atoms with Crippen LogP contribution in [-0.2, 0) is 0 Å². The molecule has 5 heteroatoms. The average molecular weight is 252 g/mol. The molecule has 0 aromatic carbocycles. The normalized spacial score (nSPS) is 16.4. The number of hydrogen-bond acceptors (Lipinski definition) is 3. The Morgan fingerprint density at radius 3 is 2.95 bits per heavy atom. The third kappa shape index (κ3) is 1.73. The van der Waals surface area contributed by atoms with Crippen LogP contribution in [0.25, 0.3) is 22.3 Å². The number of hydrogen-bond donors (Lipinski definition) is 1. The largest absolute Gasteiger partial charge is 0.346 e. The average Bonchev–Trinajstić information content (AvgIpc) is 3.18. The lowest BCUT2D eigenvalue weighted by Crippen LogP contribution is -2.05. The molecule has 1 aliphatic carbocycles. The van der Waals surface area contributed by atoms with Gasteiger partial charge in [-0.1, -0.05) is 12.8 Å². The fourth-order valence-corrected chi connectivity index (χ4v) is 2.73. The van der Waals surface area contributed by atoms with Gasteiger partial charge in [-0.3, -0.25) is 4.68 Å². The fourth-order valence-electron chi connectivity index (χ4n) is 2.73. The van der Waals surface area contributed by atoms with Gasteiger partial charge in [-0.25, -0.2) is 9.97 Å². The van der Waals surface area contributed by atoms with Crippen LogP contribution in [0, 0.1) is 6.04 Å². The van der Waals surface area contributed by atoms with E-state index in [9.17, 15) is 0 Å². The molecule has 0 spiro atoms. The number of fused-ring (bicyclic) bond motifs is 1. The lowest BCUT2D eigenvalue weighted by atomic mass is 10.2. The van der Waals surface area contributed by atoms with Crippen molar-refractivity contribution in [3.8, 4) is 11.3 Å². The third-order valence-electron chi connectivity index (χ3n) is 3.71. The van der Waals surface area contributed by atoms with Gasteiger partial charge in [0.2, 0.25) is 0 Å². The minimum absolute atomic E-state index is 0.867. The molecule has 19 heavy (non-hydrogen) atoms. The molecule has 95 valence electrons. The molecule has 1 fully saturated rings. The molecule has 0 saturated heterocycles. The Morgan fingerprint density at radius 1 is 1.16 bits per heavy atom. The second-order valence-electron chi connectivity index (χ2n) is 4.91.